The highest BCUT2D eigenvalue weighted by molar-refractivity contribution is 5.78. The van der Waals surface area contributed by atoms with Crippen molar-refractivity contribution in [3.8, 4) is 0 Å². The van der Waals surface area contributed by atoms with E-state index in [4.69, 9.17) is 30.6 Å². The summed E-state index contributed by atoms with van der Waals surface area (Å²) in [5.41, 5.74) is -3.28. The number of aliphatic hydroxyl groups is 4. The molecule has 0 amide bonds. The van der Waals surface area contributed by atoms with Crippen molar-refractivity contribution in [1.82, 2.24) is 0 Å². The van der Waals surface area contributed by atoms with Crippen LogP contribution >= 0.6 is 0 Å². The van der Waals surface area contributed by atoms with E-state index in [9.17, 15) is 9.59 Å². The van der Waals surface area contributed by atoms with Crippen LogP contribution in [0.15, 0.2) is 0 Å². The van der Waals surface area contributed by atoms with Crippen LogP contribution in [0.3, 0.4) is 0 Å². The van der Waals surface area contributed by atoms with Crippen LogP contribution in [0.5, 0.6) is 0 Å². The molecule has 2 fully saturated rings. The number of carboxylic acids is 2. The second kappa shape index (κ2) is 4.81. The van der Waals surface area contributed by atoms with E-state index in [1.165, 1.54) is 0 Å². The minimum atomic E-state index is -1.64. The average Bonchev–Trinajstić information content (AvgIpc) is 2.13. The van der Waals surface area contributed by atoms with E-state index in [2.05, 4.69) is 0 Å². The molecule has 2 aliphatic rings. The summed E-state index contributed by atoms with van der Waals surface area (Å²) in [4.78, 5) is 20.2. The molecule has 0 aliphatic heterocycles. The van der Waals surface area contributed by atoms with Crippen LogP contribution in [0, 0.1) is 0 Å². The molecule has 2 aliphatic carbocycles. The molecule has 2 saturated carbocycles. The highest BCUT2D eigenvalue weighted by Crippen LogP contribution is 2.32. The first-order chi connectivity index (χ1) is 8.09. The second-order valence-electron chi connectivity index (χ2n) is 4.80. The van der Waals surface area contributed by atoms with Crippen LogP contribution in [0.25, 0.3) is 0 Å². The number of hydrogen-bond acceptors (Lipinski definition) is 6. The monoisotopic (exact) mass is 264 g/mol. The SMILES string of the molecule is O=C(O)C1(O)CC(O)C1.O=C(O)C1(O)CC(O)C1. The van der Waals surface area contributed by atoms with E-state index in [1.807, 2.05) is 0 Å². The lowest BCUT2D eigenvalue weighted by Gasteiger charge is -2.36. The molecular weight excluding hydrogens is 248 g/mol. The van der Waals surface area contributed by atoms with Gasteiger partial charge in [0.05, 0.1) is 12.2 Å². The molecule has 0 aromatic heterocycles. The van der Waals surface area contributed by atoms with E-state index in [-0.39, 0.29) is 25.7 Å². The largest absolute Gasteiger partial charge is 0.479 e. The van der Waals surface area contributed by atoms with E-state index in [1.54, 1.807) is 0 Å². The predicted octanol–water partition coefficient (Wildman–Crippen LogP) is -2.09. The average molecular weight is 264 g/mol. The number of rotatable bonds is 2. The molecule has 0 heterocycles. The third kappa shape index (κ3) is 2.96. The number of aliphatic carboxylic acids is 2. The Morgan fingerprint density at radius 2 is 1.00 bits per heavy atom. The Bertz CT molecular complexity index is 306. The van der Waals surface area contributed by atoms with Crippen molar-refractivity contribution < 1.29 is 40.2 Å². The highest BCUT2D eigenvalue weighted by atomic mass is 16.4. The summed E-state index contributed by atoms with van der Waals surface area (Å²) in [5.74, 6) is -2.49. The number of carboxylic acid groups (broad SMARTS) is 2. The molecule has 2 rings (SSSR count). The molecule has 0 bridgehead atoms. The lowest BCUT2D eigenvalue weighted by Crippen LogP contribution is -2.53. The molecular formula is C10H16O8. The van der Waals surface area contributed by atoms with E-state index in [0.29, 0.717) is 0 Å². The minimum absolute atomic E-state index is 0.0394. The summed E-state index contributed by atoms with van der Waals surface area (Å²) >= 11 is 0. The molecule has 0 atom stereocenters. The maximum atomic E-state index is 10.1. The first-order valence-electron chi connectivity index (χ1n) is 5.37. The van der Waals surface area contributed by atoms with Crippen molar-refractivity contribution in [1.29, 1.82) is 0 Å². The third-order valence-corrected chi connectivity index (χ3v) is 3.09. The van der Waals surface area contributed by atoms with Gasteiger partial charge in [-0.25, -0.2) is 9.59 Å². The van der Waals surface area contributed by atoms with Gasteiger partial charge in [-0.15, -0.1) is 0 Å². The standard InChI is InChI=1S/2C5H8O4/c2*6-3-1-5(9,2-3)4(7)8/h2*3,6,9H,1-2H2,(H,7,8). The molecule has 8 heteroatoms. The Balaban J connectivity index is 0.000000180. The van der Waals surface area contributed by atoms with Crippen molar-refractivity contribution >= 4 is 11.9 Å². The van der Waals surface area contributed by atoms with E-state index in [0.717, 1.165) is 0 Å². The van der Waals surface area contributed by atoms with Crippen LogP contribution in [-0.2, 0) is 9.59 Å². The number of carbonyl (C=O) groups is 2. The van der Waals surface area contributed by atoms with Crippen LogP contribution in [0.4, 0.5) is 0 Å². The molecule has 0 unspecified atom stereocenters. The van der Waals surface area contributed by atoms with Crippen molar-refractivity contribution in [2.45, 2.75) is 49.1 Å². The van der Waals surface area contributed by atoms with Gasteiger partial charge in [0.15, 0.2) is 11.2 Å². The first kappa shape index (κ1) is 14.8. The van der Waals surface area contributed by atoms with Gasteiger partial charge in [0.2, 0.25) is 0 Å². The molecule has 0 aromatic rings. The third-order valence-electron chi connectivity index (χ3n) is 3.09. The zero-order chi connectivity index (χ0) is 14.1. The Labute approximate surface area is 102 Å². The summed E-state index contributed by atoms with van der Waals surface area (Å²) in [6.07, 6.45) is -1.42. The quantitative estimate of drug-likeness (QED) is 0.331. The Hall–Kier alpha value is -1.22. The van der Waals surface area contributed by atoms with E-state index < -0.39 is 35.3 Å². The van der Waals surface area contributed by atoms with Gasteiger partial charge < -0.3 is 30.6 Å². The zero-order valence-electron chi connectivity index (χ0n) is 9.48. The molecule has 0 aromatic carbocycles. The minimum Gasteiger partial charge on any atom is -0.479 e. The zero-order valence-corrected chi connectivity index (χ0v) is 9.48. The van der Waals surface area contributed by atoms with Gasteiger partial charge in [0, 0.05) is 25.7 Å². The van der Waals surface area contributed by atoms with Gasteiger partial charge in [0.1, 0.15) is 0 Å². The van der Waals surface area contributed by atoms with Crippen molar-refractivity contribution in [2.24, 2.45) is 0 Å². The van der Waals surface area contributed by atoms with Crippen LogP contribution < -0.4 is 0 Å². The summed E-state index contributed by atoms with van der Waals surface area (Å²) < 4.78 is 0. The molecule has 104 valence electrons. The summed E-state index contributed by atoms with van der Waals surface area (Å²) in [5, 5.41) is 51.5. The molecule has 8 nitrogen and oxygen atoms in total. The normalized spacial score (nSPS) is 41.8. The molecule has 18 heavy (non-hydrogen) atoms. The molecule has 0 radical (unpaired) electrons. The molecule has 6 N–H and O–H groups in total. The van der Waals surface area contributed by atoms with Crippen molar-refractivity contribution in [2.75, 3.05) is 0 Å². The van der Waals surface area contributed by atoms with Crippen molar-refractivity contribution in [3.05, 3.63) is 0 Å². The fraction of sp³-hybridized carbons (Fsp3) is 0.800. The van der Waals surface area contributed by atoms with Gasteiger partial charge in [-0.1, -0.05) is 0 Å². The summed E-state index contributed by atoms with van der Waals surface area (Å²) in [7, 11) is 0. The first-order valence-corrected chi connectivity index (χ1v) is 5.37. The summed E-state index contributed by atoms with van der Waals surface area (Å²) in [6, 6.07) is 0. The van der Waals surface area contributed by atoms with Crippen LogP contribution in [0.2, 0.25) is 0 Å². The number of hydrogen-bond donors (Lipinski definition) is 6. The number of aliphatic hydroxyl groups excluding tert-OH is 2. The Kier molecular flexibility index (Phi) is 3.96. The van der Waals surface area contributed by atoms with Gasteiger partial charge in [0.25, 0.3) is 0 Å². The van der Waals surface area contributed by atoms with Crippen molar-refractivity contribution in [3.63, 3.8) is 0 Å². The smallest absolute Gasteiger partial charge is 0.335 e. The molecule has 0 spiro atoms. The lowest BCUT2D eigenvalue weighted by molar-refractivity contribution is -0.181. The molecule has 0 saturated heterocycles. The van der Waals surface area contributed by atoms with Gasteiger partial charge in [-0.05, 0) is 0 Å². The Morgan fingerprint density at radius 3 is 1.06 bits per heavy atom. The maximum Gasteiger partial charge on any atom is 0.335 e. The fourth-order valence-electron chi connectivity index (χ4n) is 1.79. The summed E-state index contributed by atoms with van der Waals surface area (Å²) in [6.45, 7) is 0. The lowest BCUT2D eigenvalue weighted by atomic mass is 9.78. The fourth-order valence-corrected chi connectivity index (χ4v) is 1.79. The van der Waals surface area contributed by atoms with E-state index >= 15 is 0 Å². The van der Waals surface area contributed by atoms with Crippen LogP contribution in [-0.4, -0.2) is 66.0 Å². The maximum absolute atomic E-state index is 10.1. The van der Waals surface area contributed by atoms with Crippen LogP contribution in [0.1, 0.15) is 25.7 Å². The topological polar surface area (TPSA) is 156 Å². The van der Waals surface area contributed by atoms with Gasteiger partial charge >= 0.3 is 11.9 Å². The second-order valence-corrected chi connectivity index (χ2v) is 4.80. The van der Waals surface area contributed by atoms with Gasteiger partial charge in [-0.3, -0.25) is 0 Å². The highest BCUT2D eigenvalue weighted by Gasteiger charge is 2.49. The predicted molar refractivity (Wildman–Crippen MR) is 55.7 cm³/mol. The Morgan fingerprint density at radius 1 is 0.778 bits per heavy atom. The van der Waals surface area contributed by atoms with Gasteiger partial charge in [-0.2, -0.15) is 0 Å².